The second-order valence-electron chi connectivity index (χ2n) is 6.16. The minimum atomic E-state index is -2.86. The highest BCUT2D eigenvalue weighted by Crippen LogP contribution is 2.23. The molecule has 2 N–H and O–H groups in total. The van der Waals surface area contributed by atoms with Gasteiger partial charge in [-0.15, -0.1) is 0 Å². The number of benzene rings is 1. The monoisotopic (exact) mass is 359 g/mol. The summed E-state index contributed by atoms with van der Waals surface area (Å²) in [6.45, 7) is -2.59. The normalized spacial score (nSPS) is 14.2. The van der Waals surface area contributed by atoms with Crippen LogP contribution in [-0.2, 0) is 22.5 Å². The molecule has 1 aliphatic rings. The highest BCUT2D eigenvalue weighted by Gasteiger charge is 2.20. The SMILES string of the molecule is NC1=NCc2cc(CC(=O)C[C@H](COC(F)F)c3ccccc3)ncc21. The molecule has 1 atom stereocenters. The fourth-order valence-electron chi connectivity index (χ4n) is 3.00. The first-order chi connectivity index (χ1) is 12.5. The van der Waals surface area contributed by atoms with Crippen molar-refractivity contribution in [2.24, 2.45) is 10.7 Å². The Morgan fingerprint density at radius 1 is 1.27 bits per heavy atom. The molecule has 1 aliphatic heterocycles. The van der Waals surface area contributed by atoms with E-state index in [2.05, 4.69) is 14.7 Å². The van der Waals surface area contributed by atoms with Crippen molar-refractivity contribution in [3.05, 3.63) is 65.0 Å². The van der Waals surface area contributed by atoms with Crippen molar-refractivity contribution in [2.45, 2.75) is 31.9 Å². The van der Waals surface area contributed by atoms with E-state index in [0.29, 0.717) is 18.1 Å². The maximum Gasteiger partial charge on any atom is 0.345 e. The highest BCUT2D eigenvalue weighted by molar-refractivity contribution is 6.00. The number of halogens is 2. The van der Waals surface area contributed by atoms with Crippen LogP contribution in [0.25, 0.3) is 0 Å². The van der Waals surface area contributed by atoms with Gasteiger partial charge < -0.3 is 10.5 Å². The summed E-state index contributed by atoms with van der Waals surface area (Å²) in [4.78, 5) is 20.9. The van der Waals surface area contributed by atoms with E-state index in [-0.39, 0.29) is 25.2 Å². The van der Waals surface area contributed by atoms with Crippen LogP contribution in [0, 0.1) is 0 Å². The Morgan fingerprint density at radius 3 is 2.77 bits per heavy atom. The summed E-state index contributed by atoms with van der Waals surface area (Å²) in [6.07, 6.45) is 1.86. The van der Waals surface area contributed by atoms with Gasteiger partial charge in [-0.3, -0.25) is 14.8 Å². The van der Waals surface area contributed by atoms with Gasteiger partial charge in [-0.2, -0.15) is 8.78 Å². The van der Waals surface area contributed by atoms with Crippen molar-refractivity contribution >= 4 is 11.6 Å². The Balaban J connectivity index is 1.66. The summed E-state index contributed by atoms with van der Waals surface area (Å²) >= 11 is 0. The Hall–Kier alpha value is -2.67. The lowest BCUT2D eigenvalue weighted by molar-refractivity contribution is -0.136. The van der Waals surface area contributed by atoms with Gasteiger partial charge in [0, 0.05) is 36.2 Å². The number of carbonyl (C=O) groups excluding carboxylic acids is 1. The number of nitrogens with two attached hydrogens (primary N) is 1. The van der Waals surface area contributed by atoms with Crippen molar-refractivity contribution in [2.75, 3.05) is 6.61 Å². The average molecular weight is 359 g/mol. The lowest BCUT2D eigenvalue weighted by Crippen LogP contribution is -2.17. The first-order valence-electron chi connectivity index (χ1n) is 8.27. The van der Waals surface area contributed by atoms with Crippen LogP contribution in [0.1, 0.15) is 34.7 Å². The van der Waals surface area contributed by atoms with Crippen molar-refractivity contribution in [3.63, 3.8) is 0 Å². The molecule has 1 aromatic heterocycles. The summed E-state index contributed by atoms with van der Waals surface area (Å²) < 4.78 is 29.3. The Morgan fingerprint density at radius 2 is 2.04 bits per heavy atom. The van der Waals surface area contributed by atoms with Gasteiger partial charge in [0.15, 0.2) is 0 Å². The van der Waals surface area contributed by atoms with Crippen LogP contribution in [0.5, 0.6) is 0 Å². The van der Waals surface area contributed by atoms with Gasteiger partial charge >= 0.3 is 6.61 Å². The minimum absolute atomic E-state index is 0.0870. The number of aliphatic imine (C=N–C) groups is 1. The van der Waals surface area contributed by atoms with E-state index >= 15 is 0 Å². The van der Waals surface area contributed by atoms with E-state index in [1.807, 2.05) is 24.3 Å². The molecule has 0 saturated heterocycles. The number of ether oxygens (including phenoxy) is 1. The fraction of sp³-hybridized carbons (Fsp3) is 0.316. The number of rotatable bonds is 8. The maximum absolute atomic E-state index is 12.5. The van der Waals surface area contributed by atoms with E-state index in [9.17, 15) is 13.6 Å². The standard InChI is InChI=1S/C19H19F2N3O2/c20-19(21)26-11-14(12-4-2-1-3-5-12)7-16(25)8-15-6-13-9-24-18(22)17(13)10-23-15/h1-6,10,14,19H,7-9,11H2,(H2,22,24)/t14-/m1/s1. The molecule has 2 aromatic rings. The summed E-state index contributed by atoms with van der Waals surface area (Å²) in [5.74, 6) is -0.0548. The number of alkyl halides is 2. The molecule has 0 unspecified atom stereocenters. The topological polar surface area (TPSA) is 77.6 Å². The summed E-state index contributed by atoms with van der Waals surface area (Å²) in [5, 5.41) is 0. The van der Waals surface area contributed by atoms with E-state index < -0.39 is 12.5 Å². The van der Waals surface area contributed by atoms with Gasteiger partial charge in [-0.25, -0.2) is 0 Å². The molecular weight excluding hydrogens is 340 g/mol. The molecule has 26 heavy (non-hydrogen) atoms. The third-order valence-electron chi connectivity index (χ3n) is 4.29. The zero-order valence-electron chi connectivity index (χ0n) is 14.1. The number of nitrogens with zero attached hydrogens (tertiary/aromatic N) is 2. The second-order valence-corrected chi connectivity index (χ2v) is 6.16. The Bertz CT molecular complexity index is 810. The zero-order chi connectivity index (χ0) is 18.5. The predicted octanol–water partition coefficient (Wildman–Crippen LogP) is 2.83. The van der Waals surface area contributed by atoms with E-state index in [1.54, 1.807) is 18.3 Å². The minimum Gasteiger partial charge on any atom is -0.383 e. The van der Waals surface area contributed by atoms with Gasteiger partial charge in [-0.1, -0.05) is 30.3 Å². The van der Waals surface area contributed by atoms with Crippen molar-refractivity contribution in [1.29, 1.82) is 0 Å². The zero-order valence-corrected chi connectivity index (χ0v) is 14.1. The molecule has 2 heterocycles. The Kier molecular flexibility index (Phi) is 5.68. The predicted molar refractivity (Wildman–Crippen MR) is 93.1 cm³/mol. The second kappa shape index (κ2) is 8.14. The first-order valence-corrected chi connectivity index (χ1v) is 8.27. The van der Waals surface area contributed by atoms with Crippen LogP contribution in [0.15, 0.2) is 47.6 Å². The maximum atomic E-state index is 12.5. The molecule has 7 heteroatoms. The van der Waals surface area contributed by atoms with Gasteiger partial charge in [-0.05, 0) is 17.2 Å². The summed E-state index contributed by atoms with van der Waals surface area (Å²) in [7, 11) is 0. The molecule has 0 fully saturated rings. The first kappa shape index (κ1) is 18.1. The van der Waals surface area contributed by atoms with Crippen LogP contribution in [-0.4, -0.2) is 29.8 Å². The average Bonchev–Trinajstić information content (AvgIpc) is 2.99. The number of Topliss-reactive ketones (excluding diaryl/α,β-unsaturated/α-hetero) is 1. The molecule has 136 valence electrons. The summed E-state index contributed by atoms with van der Waals surface area (Å²) in [6, 6.07) is 10.9. The highest BCUT2D eigenvalue weighted by atomic mass is 19.3. The van der Waals surface area contributed by atoms with Crippen molar-refractivity contribution < 1.29 is 18.3 Å². The van der Waals surface area contributed by atoms with Gasteiger partial charge in [0.2, 0.25) is 0 Å². The van der Waals surface area contributed by atoms with Crippen LogP contribution < -0.4 is 5.73 Å². The molecule has 0 radical (unpaired) electrons. The molecular formula is C19H19F2N3O2. The van der Waals surface area contributed by atoms with Gasteiger partial charge in [0.05, 0.1) is 13.2 Å². The number of carbonyl (C=O) groups is 1. The quantitative estimate of drug-likeness (QED) is 0.786. The molecule has 1 aromatic carbocycles. The molecule has 0 saturated carbocycles. The van der Waals surface area contributed by atoms with Gasteiger partial charge in [0.25, 0.3) is 0 Å². The van der Waals surface area contributed by atoms with Crippen molar-refractivity contribution in [3.8, 4) is 0 Å². The number of aromatic nitrogens is 1. The largest absolute Gasteiger partial charge is 0.383 e. The van der Waals surface area contributed by atoms with Crippen LogP contribution in [0.3, 0.4) is 0 Å². The molecule has 3 rings (SSSR count). The van der Waals surface area contributed by atoms with Crippen LogP contribution in [0.4, 0.5) is 8.78 Å². The molecule has 0 amide bonds. The van der Waals surface area contributed by atoms with Crippen molar-refractivity contribution in [1.82, 2.24) is 4.98 Å². The molecule has 5 nitrogen and oxygen atoms in total. The lowest BCUT2D eigenvalue weighted by atomic mass is 9.93. The van der Waals surface area contributed by atoms with E-state index in [0.717, 1.165) is 16.7 Å². The third kappa shape index (κ3) is 4.49. The van der Waals surface area contributed by atoms with E-state index in [1.165, 1.54) is 0 Å². The van der Waals surface area contributed by atoms with Gasteiger partial charge in [0.1, 0.15) is 11.6 Å². The molecule has 0 aliphatic carbocycles. The number of hydrogen-bond acceptors (Lipinski definition) is 5. The Labute approximate surface area is 149 Å². The summed E-state index contributed by atoms with van der Waals surface area (Å²) in [5.41, 5.74) is 8.92. The third-order valence-corrected chi connectivity index (χ3v) is 4.29. The van der Waals surface area contributed by atoms with Crippen LogP contribution >= 0.6 is 0 Å². The number of fused-ring (bicyclic) bond motifs is 1. The number of pyridine rings is 1. The fourth-order valence-corrected chi connectivity index (χ4v) is 3.00. The smallest absolute Gasteiger partial charge is 0.345 e. The number of amidine groups is 1. The number of hydrogen-bond donors (Lipinski definition) is 1. The number of ketones is 1. The van der Waals surface area contributed by atoms with E-state index in [4.69, 9.17) is 5.73 Å². The molecule has 0 bridgehead atoms. The lowest BCUT2D eigenvalue weighted by Gasteiger charge is -2.17. The van der Waals surface area contributed by atoms with Crippen LogP contribution in [0.2, 0.25) is 0 Å². The molecule has 0 spiro atoms.